The van der Waals surface area contributed by atoms with E-state index in [9.17, 15) is 0 Å². The van der Waals surface area contributed by atoms with E-state index in [0.717, 1.165) is 21.8 Å². The van der Waals surface area contributed by atoms with Gasteiger partial charge < -0.3 is 0 Å². The molecule has 1 radical (unpaired) electrons. The molecule has 0 unspecified atom stereocenters. The van der Waals surface area contributed by atoms with E-state index in [1.54, 1.807) is 0 Å². The number of pyridine rings is 1. The lowest BCUT2D eigenvalue weighted by atomic mass is 9.86. The maximum absolute atomic E-state index is 4.67. The highest BCUT2D eigenvalue weighted by atomic mass is 14.7. The fourth-order valence-electron chi connectivity index (χ4n) is 2.15. The smallest absolute Gasteiger partial charge is 0.0716 e. The minimum atomic E-state index is 0.160. The second-order valence-corrected chi connectivity index (χ2v) is 5.74. The van der Waals surface area contributed by atoms with Gasteiger partial charge in [0.05, 0.1) is 11.0 Å². The first-order valence-electron chi connectivity index (χ1n) is 6.26. The Hall–Kier alpha value is -1.89. The lowest BCUT2D eigenvalue weighted by Gasteiger charge is -2.19. The Labute approximate surface area is 107 Å². The van der Waals surface area contributed by atoms with Crippen LogP contribution in [0.1, 0.15) is 26.3 Å². The molecular formula is C17H16N. The number of aromatic nitrogens is 1. The van der Waals surface area contributed by atoms with Crippen LogP contribution in [0.25, 0.3) is 21.8 Å². The van der Waals surface area contributed by atoms with Crippen LogP contribution < -0.4 is 0 Å². The predicted molar refractivity (Wildman–Crippen MR) is 76.8 cm³/mol. The van der Waals surface area contributed by atoms with Crippen LogP contribution in [-0.2, 0) is 5.41 Å². The molecule has 0 spiro atoms. The molecule has 0 atom stereocenters. The van der Waals surface area contributed by atoms with Gasteiger partial charge in [-0.1, -0.05) is 45.0 Å². The van der Waals surface area contributed by atoms with Crippen molar-refractivity contribution in [2.75, 3.05) is 0 Å². The van der Waals surface area contributed by atoms with E-state index in [0.29, 0.717) is 0 Å². The molecule has 1 heteroatoms. The van der Waals surface area contributed by atoms with Crippen LogP contribution in [0.4, 0.5) is 0 Å². The highest BCUT2D eigenvalue weighted by Crippen LogP contribution is 2.26. The zero-order chi connectivity index (χ0) is 12.8. The molecule has 0 saturated heterocycles. The molecule has 0 saturated carbocycles. The van der Waals surface area contributed by atoms with E-state index in [4.69, 9.17) is 0 Å². The Balaban J connectivity index is 2.31. The molecule has 1 nitrogen and oxygen atoms in total. The minimum absolute atomic E-state index is 0.160. The van der Waals surface area contributed by atoms with Crippen LogP contribution in [0.3, 0.4) is 0 Å². The van der Waals surface area contributed by atoms with Crippen LogP contribution in [-0.4, -0.2) is 4.98 Å². The third-order valence-corrected chi connectivity index (χ3v) is 3.28. The van der Waals surface area contributed by atoms with Gasteiger partial charge in [0.25, 0.3) is 0 Å². The second-order valence-electron chi connectivity index (χ2n) is 5.74. The van der Waals surface area contributed by atoms with Gasteiger partial charge in [-0.3, -0.25) is 0 Å². The molecule has 0 bridgehead atoms. The number of rotatable bonds is 0. The second kappa shape index (κ2) is 3.81. The van der Waals surface area contributed by atoms with Crippen molar-refractivity contribution in [2.45, 2.75) is 26.2 Å². The Morgan fingerprint density at radius 2 is 1.61 bits per heavy atom. The summed E-state index contributed by atoms with van der Waals surface area (Å²) in [6.07, 6.45) is 0. The van der Waals surface area contributed by atoms with Gasteiger partial charge in [0.1, 0.15) is 0 Å². The Morgan fingerprint density at radius 1 is 0.889 bits per heavy atom. The maximum Gasteiger partial charge on any atom is 0.0716 e. The number of para-hydroxylation sites is 1. The molecule has 2 aromatic carbocycles. The van der Waals surface area contributed by atoms with E-state index in [-0.39, 0.29) is 5.41 Å². The fourth-order valence-corrected chi connectivity index (χ4v) is 2.15. The summed E-state index contributed by atoms with van der Waals surface area (Å²) in [6, 6.07) is 18.1. The normalized spacial score (nSPS) is 12.2. The van der Waals surface area contributed by atoms with Gasteiger partial charge in [0, 0.05) is 16.8 Å². The molecule has 89 valence electrons. The molecule has 0 aliphatic heterocycles. The summed E-state index contributed by atoms with van der Waals surface area (Å²) in [7, 11) is 0. The average Bonchev–Trinajstić information content (AvgIpc) is 2.34. The molecule has 0 aliphatic carbocycles. The quantitative estimate of drug-likeness (QED) is 0.522. The van der Waals surface area contributed by atoms with E-state index < -0.39 is 0 Å². The van der Waals surface area contributed by atoms with Gasteiger partial charge in [-0.15, -0.1) is 0 Å². The van der Waals surface area contributed by atoms with Crippen LogP contribution in [0, 0.1) is 6.07 Å². The zero-order valence-electron chi connectivity index (χ0n) is 11.0. The first-order chi connectivity index (χ1) is 8.54. The fraction of sp³-hybridized carbons (Fsp3) is 0.235. The van der Waals surface area contributed by atoms with Crippen molar-refractivity contribution >= 4 is 21.8 Å². The van der Waals surface area contributed by atoms with Crippen molar-refractivity contribution in [3.05, 3.63) is 54.1 Å². The summed E-state index contributed by atoms with van der Waals surface area (Å²) in [5.74, 6) is 0. The van der Waals surface area contributed by atoms with Crippen molar-refractivity contribution in [3.63, 3.8) is 0 Å². The molecule has 1 heterocycles. The Bertz CT molecular complexity index is 720. The SMILES string of the molecule is CC(C)(C)c1ccc2nc3ccccc3[c]c2c1. The molecule has 3 aromatic rings. The maximum atomic E-state index is 4.67. The summed E-state index contributed by atoms with van der Waals surface area (Å²) < 4.78 is 0. The first kappa shape index (κ1) is 11.2. The Morgan fingerprint density at radius 3 is 2.39 bits per heavy atom. The van der Waals surface area contributed by atoms with Crippen LogP contribution in [0.5, 0.6) is 0 Å². The monoisotopic (exact) mass is 234 g/mol. The number of benzene rings is 2. The number of nitrogens with zero attached hydrogens (tertiary/aromatic N) is 1. The van der Waals surface area contributed by atoms with Crippen LogP contribution in [0.15, 0.2) is 42.5 Å². The number of hydrogen-bond acceptors (Lipinski definition) is 1. The molecule has 0 aliphatic rings. The van der Waals surface area contributed by atoms with Gasteiger partial charge in [0.2, 0.25) is 0 Å². The van der Waals surface area contributed by atoms with Gasteiger partial charge >= 0.3 is 0 Å². The topological polar surface area (TPSA) is 12.9 Å². The molecule has 0 N–H and O–H groups in total. The molecule has 1 aromatic heterocycles. The molecule has 18 heavy (non-hydrogen) atoms. The van der Waals surface area contributed by atoms with Crippen molar-refractivity contribution in [2.24, 2.45) is 0 Å². The van der Waals surface area contributed by atoms with Crippen molar-refractivity contribution < 1.29 is 0 Å². The molecule has 3 rings (SSSR count). The predicted octanol–water partition coefficient (Wildman–Crippen LogP) is 4.49. The molecular weight excluding hydrogens is 218 g/mol. The van der Waals surface area contributed by atoms with Gasteiger partial charge in [0.15, 0.2) is 0 Å². The molecule has 0 fully saturated rings. The average molecular weight is 234 g/mol. The van der Waals surface area contributed by atoms with Gasteiger partial charge in [-0.2, -0.15) is 0 Å². The van der Waals surface area contributed by atoms with E-state index in [1.165, 1.54) is 5.56 Å². The first-order valence-corrected chi connectivity index (χ1v) is 6.26. The standard InChI is InChI=1S/C17H16N/c1-17(2,3)14-8-9-16-13(11-14)10-12-6-4-5-7-15(12)18-16/h4-9,11H,1-3H3. The highest BCUT2D eigenvalue weighted by Gasteiger charge is 2.14. The van der Waals surface area contributed by atoms with Crippen LogP contribution >= 0.6 is 0 Å². The van der Waals surface area contributed by atoms with Crippen LogP contribution in [0.2, 0.25) is 0 Å². The summed E-state index contributed by atoms with van der Waals surface area (Å²) in [4.78, 5) is 4.67. The summed E-state index contributed by atoms with van der Waals surface area (Å²) in [6.45, 7) is 6.67. The lowest BCUT2D eigenvalue weighted by Crippen LogP contribution is -2.10. The van der Waals surface area contributed by atoms with E-state index in [1.807, 2.05) is 18.2 Å². The Kier molecular flexibility index (Phi) is 2.37. The third-order valence-electron chi connectivity index (χ3n) is 3.28. The molecule has 0 amide bonds. The largest absolute Gasteiger partial charge is 0.248 e. The summed E-state index contributed by atoms with van der Waals surface area (Å²) in [5, 5.41) is 2.18. The summed E-state index contributed by atoms with van der Waals surface area (Å²) >= 11 is 0. The number of hydrogen-bond donors (Lipinski definition) is 0. The van der Waals surface area contributed by atoms with Gasteiger partial charge in [-0.25, -0.2) is 4.98 Å². The zero-order valence-corrected chi connectivity index (χ0v) is 11.0. The van der Waals surface area contributed by atoms with E-state index in [2.05, 4.69) is 56.1 Å². The minimum Gasteiger partial charge on any atom is -0.248 e. The lowest BCUT2D eigenvalue weighted by molar-refractivity contribution is 0.591. The van der Waals surface area contributed by atoms with E-state index >= 15 is 0 Å². The van der Waals surface area contributed by atoms with Gasteiger partial charge in [-0.05, 0) is 29.2 Å². The third kappa shape index (κ3) is 1.86. The summed E-state index contributed by atoms with van der Waals surface area (Å²) in [5.41, 5.74) is 3.51. The van der Waals surface area contributed by atoms with Crippen molar-refractivity contribution in [1.82, 2.24) is 4.98 Å². The van der Waals surface area contributed by atoms with Crippen molar-refractivity contribution in [1.29, 1.82) is 0 Å². The van der Waals surface area contributed by atoms with Crippen molar-refractivity contribution in [3.8, 4) is 0 Å². The number of fused-ring (bicyclic) bond motifs is 2. The highest BCUT2D eigenvalue weighted by molar-refractivity contribution is 5.92.